The molecule has 0 N–H and O–H groups in total. The summed E-state index contributed by atoms with van der Waals surface area (Å²) in [5.41, 5.74) is 14.0. The Morgan fingerprint density at radius 2 is 0.889 bits per heavy atom. The Bertz CT molecular complexity index is 2900. The summed E-state index contributed by atoms with van der Waals surface area (Å²) in [6, 6.07) is 78.9. The van der Waals surface area contributed by atoms with Crippen LogP contribution in [0.4, 0.5) is 17.1 Å². The molecule has 0 radical (unpaired) electrons. The predicted molar refractivity (Wildman–Crippen MR) is 229 cm³/mol. The zero-order valence-corrected chi connectivity index (χ0v) is 29.7. The van der Waals surface area contributed by atoms with Crippen LogP contribution in [0.3, 0.4) is 0 Å². The van der Waals surface area contributed by atoms with Crippen molar-refractivity contribution in [2.24, 2.45) is 0 Å². The first-order valence-electron chi connectivity index (χ1n) is 18.5. The Kier molecular flexibility index (Phi) is 7.85. The van der Waals surface area contributed by atoms with Crippen LogP contribution in [0.2, 0.25) is 0 Å². The number of para-hydroxylation sites is 1. The number of hydrogen-bond acceptors (Lipinski definition) is 1. The lowest BCUT2D eigenvalue weighted by Crippen LogP contribution is -2.10. The molecular weight excluding hydrogens is 653 g/mol. The van der Waals surface area contributed by atoms with Crippen molar-refractivity contribution < 1.29 is 0 Å². The number of hydrogen-bond donors (Lipinski definition) is 0. The molecule has 1 heterocycles. The first-order valence-corrected chi connectivity index (χ1v) is 18.5. The Balaban J connectivity index is 1.20. The van der Waals surface area contributed by atoms with Gasteiger partial charge in [-0.3, -0.25) is 0 Å². The maximum absolute atomic E-state index is 2.40. The largest absolute Gasteiger partial charge is 0.310 e. The lowest BCUT2D eigenvalue weighted by molar-refractivity contribution is 1.18. The molecule has 0 aliphatic heterocycles. The van der Waals surface area contributed by atoms with Crippen molar-refractivity contribution in [1.29, 1.82) is 0 Å². The van der Waals surface area contributed by atoms with Crippen molar-refractivity contribution in [1.82, 2.24) is 4.57 Å². The van der Waals surface area contributed by atoms with Gasteiger partial charge in [-0.2, -0.15) is 0 Å². The third kappa shape index (κ3) is 5.53. The minimum atomic E-state index is 1.10. The van der Waals surface area contributed by atoms with Crippen molar-refractivity contribution in [2.45, 2.75) is 0 Å². The van der Waals surface area contributed by atoms with Crippen LogP contribution in [-0.4, -0.2) is 4.57 Å². The summed E-state index contributed by atoms with van der Waals surface area (Å²) in [6.45, 7) is 0. The molecule has 0 saturated heterocycles. The molecule has 0 saturated carbocycles. The van der Waals surface area contributed by atoms with Gasteiger partial charge in [-0.05, 0) is 105 Å². The third-order valence-electron chi connectivity index (χ3n) is 10.6. The molecule has 0 aliphatic rings. The van der Waals surface area contributed by atoms with Gasteiger partial charge in [-0.15, -0.1) is 0 Å². The zero-order chi connectivity index (χ0) is 35.8. The molecule has 9 aromatic carbocycles. The number of nitrogens with zero attached hydrogens (tertiary/aromatic N) is 2. The summed E-state index contributed by atoms with van der Waals surface area (Å²) < 4.78 is 2.40. The Hall–Kier alpha value is -7.16. The molecule has 0 aliphatic carbocycles. The van der Waals surface area contributed by atoms with Crippen LogP contribution in [-0.2, 0) is 0 Å². The molecule has 0 unspecified atom stereocenters. The van der Waals surface area contributed by atoms with Gasteiger partial charge >= 0.3 is 0 Å². The molecule has 0 atom stereocenters. The van der Waals surface area contributed by atoms with Gasteiger partial charge in [0.1, 0.15) is 0 Å². The second kappa shape index (κ2) is 13.4. The van der Waals surface area contributed by atoms with E-state index in [0.717, 1.165) is 22.7 Å². The minimum absolute atomic E-state index is 1.10. The fraction of sp³-hybridized carbons (Fsp3) is 0. The maximum Gasteiger partial charge on any atom is 0.0547 e. The van der Waals surface area contributed by atoms with Crippen LogP contribution < -0.4 is 4.90 Å². The normalized spacial score (nSPS) is 11.3. The van der Waals surface area contributed by atoms with Crippen molar-refractivity contribution >= 4 is 49.6 Å². The van der Waals surface area contributed by atoms with Crippen molar-refractivity contribution in [3.8, 4) is 39.1 Å². The molecule has 0 bridgehead atoms. The molecule has 1 aromatic heterocycles. The van der Waals surface area contributed by atoms with Gasteiger partial charge in [0.25, 0.3) is 0 Å². The molecular formula is C52H36N2. The first-order chi connectivity index (χ1) is 26.8. The average molecular weight is 689 g/mol. The zero-order valence-electron chi connectivity index (χ0n) is 29.7. The standard InChI is InChI=1S/C52H36N2/c1-4-15-37(16-5-1)41-21-12-24-44(35-41)53(43-31-29-40(30-32-43)47-26-13-20-38-19-10-11-25-46(38)47)45-33-34-50-49(36-45)52-48(39-17-6-2-7-18-39)27-14-28-51(52)54(50)42-22-8-3-9-23-42/h1-36H. The van der Waals surface area contributed by atoms with Gasteiger partial charge in [-0.1, -0.05) is 158 Å². The average Bonchev–Trinajstić information content (AvgIpc) is 3.59. The molecule has 0 amide bonds. The van der Waals surface area contributed by atoms with Crippen molar-refractivity contribution in [3.05, 3.63) is 218 Å². The summed E-state index contributed by atoms with van der Waals surface area (Å²) in [5, 5.41) is 4.96. The number of anilines is 3. The van der Waals surface area contributed by atoms with E-state index < -0.39 is 0 Å². The van der Waals surface area contributed by atoms with Crippen molar-refractivity contribution in [3.63, 3.8) is 0 Å². The van der Waals surface area contributed by atoms with Crippen LogP contribution >= 0.6 is 0 Å². The lowest BCUT2D eigenvalue weighted by atomic mass is 9.97. The Labute approximate surface area is 315 Å². The van der Waals surface area contributed by atoms with E-state index in [9.17, 15) is 0 Å². The van der Waals surface area contributed by atoms with E-state index in [1.54, 1.807) is 0 Å². The number of rotatable bonds is 7. The van der Waals surface area contributed by atoms with E-state index in [1.807, 2.05) is 0 Å². The second-order valence-electron chi connectivity index (χ2n) is 13.8. The fourth-order valence-corrected chi connectivity index (χ4v) is 8.08. The molecule has 2 nitrogen and oxygen atoms in total. The van der Waals surface area contributed by atoms with Gasteiger partial charge in [0.05, 0.1) is 11.0 Å². The van der Waals surface area contributed by atoms with Crippen LogP contribution in [0.25, 0.3) is 71.6 Å². The van der Waals surface area contributed by atoms with Gasteiger partial charge in [-0.25, -0.2) is 0 Å². The smallest absolute Gasteiger partial charge is 0.0547 e. The van der Waals surface area contributed by atoms with E-state index in [-0.39, 0.29) is 0 Å². The van der Waals surface area contributed by atoms with Crippen LogP contribution in [0.15, 0.2) is 218 Å². The molecule has 2 heteroatoms. The quantitative estimate of drug-likeness (QED) is 0.162. The highest BCUT2D eigenvalue weighted by molar-refractivity contribution is 6.16. The summed E-state index contributed by atoms with van der Waals surface area (Å²) in [4.78, 5) is 2.40. The maximum atomic E-state index is 2.40. The number of fused-ring (bicyclic) bond motifs is 4. The van der Waals surface area contributed by atoms with Crippen LogP contribution in [0.1, 0.15) is 0 Å². The van der Waals surface area contributed by atoms with E-state index in [1.165, 1.54) is 66.0 Å². The van der Waals surface area contributed by atoms with Gasteiger partial charge < -0.3 is 9.47 Å². The highest BCUT2D eigenvalue weighted by Gasteiger charge is 2.20. The second-order valence-corrected chi connectivity index (χ2v) is 13.8. The lowest BCUT2D eigenvalue weighted by Gasteiger charge is -2.26. The number of aromatic nitrogens is 1. The molecule has 10 aromatic rings. The molecule has 54 heavy (non-hydrogen) atoms. The Morgan fingerprint density at radius 1 is 0.315 bits per heavy atom. The minimum Gasteiger partial charge on any atom is -0.310 e. The predicted octanol–water partition coefficient (Wildman–Crippen LogP) is 14.4. The van der Waals surface area contributed by atoms with Gasteiger partial charge in [0.2, 0.25) is 0 Å². The summed E-state index contributed by atoms with van der Waals surface area (Å²) in [6.07, 6.45) is 0. The third-order valence-corrected chi connectivity index (χ3v) is 10.6. The van der Waals surface area contributed by atoms with E-state index in [2.05, 4.69) is 228 Å². The molecule has 0 fully saturated rings. The molecule has 0 spiro atoms. The van der Waals surface area contributed by atoms with Crippen LogP contribution in [0.5, 0.6) is 0 Å². The summed E-state index contributed by atoms with van der Waals surface area (Å²) >= 11 is 0. The topological polar surface area (TPSA) is 8.17 Å². The van der Waals surface area contributed by atoms with E-state index in [0.29, 0.717) is 0 Å². The monoisotopic (exact) mass is 688 g/mol. The fourth-order valence-electron chi connectivity index (χ4n) is 8.08. The number of benzene rings is 9. The van der Waals surface area contributed by atoms with Crippen molar-refractivity contribution in [2.75, 3.05) is 4.90 Å². The first kappa shape index (κ1) is 31.6. The SMILES string of the molecule is c1ccc(-c2cccc(N(c3ccc(-c4cccc5ccccc45)cc3)c3ccc4c(c3)c3c(-c5ccccc5)cccc3n4-c3ccccc3)c2)cc1. The van der Waals surface area contributed by atoms with E-state index in [4.69, 9.17) is 0 Å². The highest BCUT2D eigenvalue weighted by atomic mass is 15.1. The molecule has 10 rings (SSSR count). The van der Waals surface area contributed by atoms with Gasteiger partial charge in [0, 0.05) is 33.5 Å². The highest BCUT2D eigenvalue weighted by Crippen LogP contribution is 2.43. The van der Waals surface area contributed by atoms with Gasteiger partial charge in [0.15, 0.2) is 0 Å². The summed E-state index contributed by atoms with van der Waals surface area (Å²) in [7, 11) is 0. The molecule has 254 valence electrons. The summed E-state index contributed by atoms with van der Waals surface area (Å²) in [5.74, 6) is 0. The van der Waals surface area contributed by atoms with Crippen LogP contribution in [0, 0.1) is 0 Å². The Morgan fingerprint density at radius 3 is 1.69 bits per heavy atom. The van der Waals surface area contributed by atoms with E-state index >= 15 is 0 Å².